The molecule has 18 nitrogen and oxygen atoms in total. The Hall–Kier alpha value is -2.85. The van der Waals surface area contributed by atoms with Gasteiger partial charge in [-0.2, -0.15) is 0 Å². The minimum absolute atomic E-state index is 0.0172. The van der Waals surface area contributed by atoms with Gasteiger partial charge in [0, 0.05) is 5.41 Å². The van der Waals surface area contributed by atoms with Crippen molar-refractivity contribution >= 4 is 17.7 Å². The molecule has 0 rings (SSSR count). The lowest BCUT2D eigenvalue weighted by Gasteiger charge is -2.32. The Bertz CT molecular complexity index is 831. The number of hydrogen-bond donors (Lipinski definition) is 6. The second-order valence-electron chi connectivity index (χ2n) is 11.0. The maximum Gasteiger partial charge on any atom is 0.245 e. The summed E-state index contributed by atoms with van der Waals surface area (Å²) in [5.74, 6) is -1.14. The number of aliphatic hydroxyl groups excluding tert-OH is 3. The minimum Gasteiger partial charge on any atom is -0.388 e. The molecule has 0 aromatic carbocycles. The van der Waals surface area contributed by atoms with E-state index in [1.807, 2.05) is 6.92 Å². The summed E-state index contributed by atoms with van der Waals surface area (Å²) in [6.07, 6.45) is 1.34. The molecule has 0 saturated carbocycles. The molecular weight excluding hydrogens is 678 g/mol. The Morgan fingerprint density at radius 2 is 0.765 bits per heavy atom. The van der Waals surface area contributed by atoms with E-state index in [2.05, 4.69) is 35.7 Å². The van der Waals surface area contributed by atoms with Crippen LogP contribution in [-0.4, -0.2) is 171 Å². The van der Waals surface area contributed by atoms with Gasteiger partial charge in [-0.15, -0.1) is 0 Å². The molecule has 0 aliphatic heterocycles. The molecule has 0 aliphatic carbocycles. The van der Waals surface area contributed by atoms with Gasteiger partial charge in [0.15, 0.2) is 0 Å². The topological polar surface area (TPSA) is 231 Å². The molecule has 0 aromatic heterocycles. The maximum atomic E-state index is 11.1. The number of carbonyl (C=O) groups excluding carboxylic acids is 3. The standard InChI is InChI=1S/C33H59N3O15/c1-5-30(40)34-24-49-18-27(37)15-43-9-12-46-21-33(8-4,22-47-13-10-44-16-28(38)19-50-25-35-31(41)6-2)23-48-14-11-45-17-29(39)20-51-26-36-32(42)7-3/h5-7,27-29,37-39H,1-3,8-26H2,4H3,(H,34,40)(H,35,41)(H,36,42). The lowest BCUT2D eigenvalue weighted by atomic mass is 9.88. The monoisotopic (exact) mass is 737 g/mol. The Labute approximate surface area is 300 Å². The molecule has 0 fully saturated rings. The second kappa shape index (κ2) is 33.0. The van der Waals surface area contributed by atoms with Crippen LogP contribution in [0.4, 0.5) is 0 Å². The zero-order chi connectivity index (χ0) is 38.0. The normalized spacial score (nSPS) is 14.1. The largest absolute Gasteiger partial charge is 0.388 e. The lowest BCUT2D eigenvalue weighted by Crippen LogP contribution is -2.38. The first-order chi connectivity index (χ1) is 24.6. The van der Waals surface area contributed by atoms with E-state index in [0.29, 0.717) is 6.42 Å². The van der Waals surface area contributed by atoms with E-state index >= 15 is 0 Å². The summed E-state index contributed by atoms with van der Waals surface area (Å²) in [7, 11) is 0. The third kappa shape index (κ3) is 29.4. The third-order valence-electron chi connectivity index (χ3n) is 6.55. The summed E-state index contributed by atoms with van der Waals surface area (Å²) in [6, 6.07) is 0. The summed E-state index contributed by atoms with van der Waals surface area (Å²) < 4.78 is 49.6. The van der Waals surface area contributed by atoms with Gasteiger partial charge in [-0.05, 0) is 24.6 Å². The van der Waals surface area contributed by atoms with Gasteiger partial charge in [-0.3, -0.25) is 14.4 Å². The van der Waals surface area contributed by atoms with E-state index in [9.17, 15) is 29.7 Å². The first kappa shape index (κ1) is 48.1. The third-order valence-corrected chi connectivity index (χ3v) is 6.55. The number of ether oxygens (including phenoxy) is 9. The molecule has 0 saturated heterocycles. The highest BCUT2D eigenvalue weighted by Gasteiger charge is 2.30. The molecule has 3 unspecified atom stereocenters. The Balaban J connectivity index is 4.57. The van der Waals surface area contributed by atoms with E-state index in [1.54, 1.807) is 0 Å². The predicted molar refractivity (Wildman–Crippen MR) is 183 cm³/mol. The summed E-state index contributed by atoms with van der Waals surface area (Å²) in [6.45, 7) is 14.0. The first-order valence-corrected chi connectivity index (χ1v) is 16.6. The highest BCUT2D eigenvalue weighted by atomic mass is 16.6. The highest BCUT2D eigenvalue weighted by Crippen LogP contribution is 2.24. The van der Waals surface area contributed by atoms with Crippen molar-refractivity contribution in [3.8, 4) is 0 Å². The Morgan fingerprint density at radius 1 is 0.510 bits per heavy atom. The van der Waals surface area contributed by atoms with Crippen LogP contribution in [0.15, 0.2) is 38.0 Å². The Morgan fingerprint density at radius 3 is 1.02 bits per heavy atom. The van der Waals surface area contributed by atoms with Gasteiger partial charge in [0.05, 0.1) is 99.1 Å². The van der Waals surface area contributed by atoms with Gasteiger partial charge in [-0.1, -0.05) is 26.7 Å². The van der Waals surface area contributed by atoms with E-state index < -0.39 is 23.7 Å². The van der Waals surface area contributed by atoms with E-state index in [0.717, 1.165) is 18.2 Å². The fourth-order valence-corrected chi connectivity index (χ4v) is 3.62. The van der Waals surface area contributed by atoms with Gasteiger partial charge >= 0.3 is 0 Å². The van der Waals surface area contributed by atoms with E-state index in [-0.39, 0.29) is 137 Å². The summed E-state index contributed by atoms with van der Waals surface area (Å²) >= 11 is 0. The fraction of sp³-hybridized carbons (Fsp3) is 0.727. The highest BCUT2D eigenvalue weighted by molar-refractivity contribution is 5.87. The molecule has 0 aromatic rings. The average Bonchev–Trinajstić information content (AvgIpc) is 3.13. The summed E-state index contributed by atoms with van der Waals surface area (Å²) in [4.78, 5) is 33.3. The molecule has 0 heterocycles. The van der Waals surface area contributed by atoms with Gasteiger partial charge in [0.2, 0.25) is 17.7 Å². The molecule has 51 heavy (non-hydrogen) atoms. The molecule has 0 bridgehead atoms. The quantitative estimate of drug-likeness (QED) is 0.0240. The van der Waals surface area contributed by atoms with E-state index in [1.165, 1.54) is 0 Å². The zero-order valence-electron chi connectivity index (χ0n) is 29.8. The van der Waals surface area contributed by atoms with Crippen LogP contribution in [0.2, 0.25) is 0 Å². The number of carbonyl (C=O) groups is 3. The van der Waals surface area contributed by atoms with Crippen molar-refractivity contribution in [2.24, 2.45) is 5.41 Å². The van der Waals surface area contributed by atoms with Gasteiger partial charge in [-0.25, -0.2) is 0 Å². The van der Waals surface area contributed by atoms with Crippen LogP contribution in [0.3, 0.4) is 0 Å². The minimum atomic E-state index is -0.885. The number of hydrogen-bond acceptors (Lipinski definition) is 15. The van der Waals surface area contributed by atoms with Gasteiger partial charge in [0.1, 0.15) is 38.5 Å². The lowest BCUT2D eigenvalue weighted by molar-refractivity contribution is -0.119. The molecule has 0 radical (unpaired) electrons. The van der Waals surface area contributed by atoms with Crippen molar-refractivity contribution in [2.45, 2.75) is 31.7 Å². The van der Waals surface area contributed by atoms with Crippen LogP contribution in [-0.2, 0) is 57.0 Å². The molecule has 296 valence electrons. The van der Waals surface area contributed by atoms with Crippen LogP contribution >= 0.6 is 0 Å². The van der Waals surface area contributed by atoms with Crippen LogP contribution in [0.5, 0.6) is 0 Å². The van der Waals surface area contributed by atoms with Crippen LogP contribution in [0, 0.1) is 5.41 Å². The van der Waals surface area contributed by atoms with Gasteiger partial charge < -0.3 is 73.9 Å². The second-order valence-corrected chi connectivity index (χ2v) is 11.0. The van der Waals surface area contributed by atoms with Crippen LogP contribution in [0.25, 0.3) is 0 Å². The van der Waals surface area contributed by atoms with Gasteiger partial charge in [0.25, 0.3) is 0 Å². The van der Waals surface area contributed by atoms with Crippen molar-refractivity contribution in [2.75, 3.05) is 119 Å². The molecule has 18 heteroatoms. The molecule has 6 N–H and O–H groups in total. The van der Waals surface area contributed by atoms with Crippen molar-refractivity contribution in [1.29, 1.82) is 0 Å². The number of nitrogens with one attached hydrogen (secondary N) is 3. The molecular formula is C33H59N3O15. The van der Waals surface area contributed by atoms with Crippen LogP contribution < -0.4 is 16.0 Å². The van der Waals surface area contributed by atoms with Crippen molar-refractivity contribution in [3.05, 3.63) is 38.0 Å². The Kier molecular flexibility index (Phi) is 31.2. The zero-order valence-corrected chi connectivity index (χ0v) is 29.8. The van der Waals surface area contributed by atoms with E-state index in [4.69, 9.17) is 42.6 Å². The number of rotatable bonds is 37. The average molecular weight is 738 g/mol. The molecule has 0 spiro atoms. The SMILES string of the molecule is C=CC(=O)NCOCC(O)COCCOCC(CC)(COCCOCC(O)COCNC(=O)C=C)COCCOCC(O)COCNC(=O)C=C. The maximum absolute atomic E-state index is 11.1. The summed E-state index contributed by atoms with van der Waals surface area (Å²) in [5.41, 5.74) is -0.532. The van der Waals surface area contributed by atoms with Crippen molar-refractivity contribution < 1.29 is 72.3 Å². The van der Waals surface area contributed by atoms with Crippen molar-refractivity contribution in [3.63, 3.8) is 0 Å². The molecule has 0 aliphatic rings. The van der Waals surface area contributed by atoms with Crippen molar-refractivity contribution in [1.82, 2.24) is 16.0 Å². The predicted octanol–water partition coefficient (Wildman–Crippen LogP) is -1.61. The molecule has 3 atom stereocenters. The number of aliphatic hydroxyl groups is 3. The molecule has 3 amide bonds. The first-order valence-electron chi connectivity index (χ1n) is 16.6. The number of amides is 3. The smallest absolute Gasteiger partial charge is 0.245 e. The fourth-order valence-electron chi connectivity index (χ4n) is 3.62. The van der Waals surface area contributed by atoms with Crippen LogP contribution in [0.1, 0.15) is 13.3 Å². The summed E-state index contributed by atoms with van der Waals surface area (Å²) in [5, 5.41) is 37.2.